The highest BCUT2D eigenvalue weighted by Gasteiger charge is 2.16. The Hall–Kier alpha value is -0.880. The number of aryl methyl sites for hydroxylation is 2. The van der Waals surface area contributed by atoms with Crippen LogP contribution in [-0.2, 0) is 0 Å². The van der Waals surface area contributed by atoms with Crippen LogP contribution in [0.15, 0.2) is 48.5 Å². The predicted octanol–water partition coefficient (Wildman–Crippen LogP) is 5.83. The Morgan fingerprint density at radius 3 is 2.25 bits per heavy atom. The minimum absolute atomic E-state index is 0.798. The van der Waals surface area contributed by atoms with Crippen molar-refractivity contribution in [2.75, 3.05) is 43.7 Å². The van der Waals surface area contributed by atoms with Crippen LogP contribution >= 0.6 is 34.2 Å². The number of benzene rings is 2. The van der Waals surface area contributed by atoms with Crippen LogP contribution in [0.1, 0.15) is 28.7 Å². The van der Waals surface area contributed by atoms with Gasteiger partial charge in [-0.15, -0.1) is 0 Å². The van der Waals surface area contributed by atoms with Gasteiger partial charge in [0.25, 0.3) is 0 Å². The van der Waals surface area contributed by atoms with Crippen LogP contribution in [0.2, 0.25) is 5.02 Å². The summed E-state index contributed by atoms with van der Waals surface area (Å²) in [6.07, 6.45) is 3.47. The molecule has 1 aliphatic rings. The molecule has 28 heavy (non-hydrogen) atoms. The molecule has 2 nitrogen and oxygen atoms in total. The average Bonchev–Trinajstić information content (AvgIpc) is 2.70. The summed E-state index contributed by atoms with van der Waals surface area (Å²) in [5.74, 6) is 0. The van der Waals surface area contributed by atoms with Crippen molar-refractivity contribution in [3.05, 3.63) is 75.8 Å². The van der Waals surface area contributed by atoms with E-state index in [1.54, 1.807) is 0 Å². The topological polar surface area (TPSA) is 6.48 Å². The number of halogens is 2. The Morgan fingerprint density at radius 1 is 0.929 bits per heavy atom. The van der Waals surface area contributed by atoms with E-state index in [0.717, 1.165) is 18.0 Å². The Labute approximate surface area is 188 Å². The molecule has 150 valence electrons. The summed E-state index contributed by atoms with van der Waals surface area (Å²) in [7, 11) is 0. The molecule has 3 rings (SSSR count). The van der Waals surface area contributed by atoms with Gasteiger partial charge in [0, 0.05) is 48.7 Å². The third kappa shape index (κ3) is 5.82. The standard InChI is InChI=1S/C24H30ClIN2/c1-19-6-3-4-7-22(19)23(24-18-21(25)10-9-20(24)2)8-5-12-27-14-16-28(13-11-26)17-15-27/h3-4,6-10,18H,5,11-17H2,1-2H3/b23-8-. The van der Waals surface area contributed by atoms with Crippen molar-refractivity contribution >= 4 is 39.8 Å². The van der Waals surface area contributed by atoms with E-state index >= 15 is 0 Å². The molecule has 2 aromatic carbocycles. The van der Waals surface area contributed by atoms with E-state index in [1.165, 1.54) is 65.0 Å². The molecule has 0 bridgehead atoms. The molecular weight excluding hydrogens is 479 g/mol. The Balaban J connectivity index is 1.76. The van der Waals surface area contributed by atoms with E-state index in [4.69, 9.17) is 11.6 Å². The number of alkyl halides is 1. The highest BCUT2D eigenvalue weighted by Crippen LogP contribution is 2.30. The highest BCUT2D eigenvalue weighted by molar-refractivity contribution is 14.1. The molecule has 1 saturated heterocycles. The van der Waals surface area contributed by atoms with Crippen LogP contribution in [0, 0.1) is 13.8 Å². The van der Waals surface area contributed by atoms with Crippen molar-refractivity contribution in [2.24, 2.45) is 0 Å². The van der Waals surface area contributed by atoms with E-state index in [9.17, 15) is 0 Å². The van der Waals surface area contributed by atoms with Crippen LogP contribution in [-0.4, -0.2) is 53.5 Å². The fraction of sp³-hybridized carbons (Fsp3) is 0.417. The fourth-order valence-corrected chi connectivity index (χ4v) is 4.73. The van der Waals surface area contributed by atoms with Crippen LogP contribution in [0.5, 0.6) is 0 Å². The van der Waals surface area contributed by atoms with Gasteiger partial charge < -0.3 is 9.80 Å². The summed E-state index contributed by atoms with van der Waals surface area (Å²) in [5.41, 5.74) is 6.43. The molecular formula is C24H30ClIN2. The molecule has 0 atom stereocenters. The molecule has 1 heterocycles. The quantitative estimate of drug-likeness (QED) is 0.343. The minimum atomic E-state index is 0.798. The lowest BCUT2D eigenvalue weighted by Crippen LogP contribution is -2.46. The van der Waals surface area contributed by atoms with E-state index in [2.05, 4.69) is 88.7 Å². The average molecular weight is 509 g/mol. The molecule has 0 unspecified atom stereocenters. The van der Waals surface area contributed by atoms with Gasteiger partial charge >= 0.3 is 0 Å². The second-order valence-electron chi connectivity index (χ2n) is 7.55. The summed E-state index contributed by atoms with van der Waals surface area (Å²) in [6.45, 7) is 11.5. The second-order valence-corrected chi connectivity index (χ2v) is 9.07. The van der Waals surface area contributed by atoms with Crippen LogP contribution < -0.4 is 0 Å². The van der Waals surface area contributed by atoms with Crippen molar-refractivity contribution in [2.45, 2.75) is 20.3 Å². The lowest BCUT2D eigenvalue weighted by Gasteiger charge is -2.34. The Kier molecular flexibility index (Phi) is 8.39. The summed E-state index contributed by atoms with van der Waals surface area (Å²) >= 11 is 8.81. The smallest absolute Gasteiger partial charge is 0.0412 e. The lowest BCUT2D eigenvalue weighted by atomic mass is 9.91. The SMILES string of the molecule is Cc1ccccc1/C(=C/CCN1CCN(CCI)CC1)c1cc(Cl)ccc1C. The second kappa shape index (κ2) is 10.8. The van der Waals surface area contributed by atoms with Crippen LogP contribution in [0.4, 0.5) is 0 Å². The summed E-state index contributed by atoms with van der Waals surface area (Å²) in [6, 6.07) is 14.9. The van der Waals surface area contributed by atoms with E-state index in [0.29, 0.717) is 0 Å². The highest BCUT2D eigenvalue weighted by atomic mass is 127. The van der Waals surface area contributed by atoms with Gasteiger partial charge in [-0.2, -0.15) is 0 Å². The maximum atomic E-state index is 6.34. The largest absolute Gasteiger partial charge is 0.300 e. The van der Waals surface area contributed by atoms with Gasteiger partial charge in [-0.05, 0) is 60.2 Å². The van der Waals surface area contributed by atoms with Gasteiger partial charge in [0.05, 0.1) is 0 Å². The summed E-state index contributed by atoms with van der Waals surface area (Å²) < 4.78 is 1.22. The Bertz CT molecular complexity index is 810. The monoisotopic (exact) mass is 508 g/mol. The molecule has 0 spiro atoms. The Morgan fingerprint density at radius 2 is 1.57 bits per heavy atom. The fourth-order valence-electron chi connectivity index (χ4n) is 3.87. The zero-order chi connectivity index (χ0) is 19.9. The van der Waals surface area contributed by atoms with Gasteiger partial charge in [0.1, 0.15) is 0 Å². The van der Waals surface area contributed by atoms with E-state index in [-0.39, 0.29) is 0 Å². The minimum Gasteiger partial charge on any atom is -0.300 e. The molecule has 2 aromatic rings. The molecule has 4 heteroatoms. The molecule has 1 aliphatic heterocycles. The predicted molar refractivity (Wildman–Crippen MR) is 131 cm³/mol. The maximum Gasteiger partial charge on any atom is 0.0412 e. The number of rotatable bonds is 7. The van der Waals surface area contributed by atoms with E-state index in [1.807, 2.05) is 6.07 Å². The molecule has 0 aliphatic carbocycles. The molecule has 0 aromatic heterocycles. The number of nitrogens with zero attached hydrogens (tertiary/aromatic N) is 2. The number of hydrogen-bond acceptors (Lipinski definition) is 2. The van der Waals surface area contributed by atoms with Crippen molar-refractivity contribution in [1.82, 2.24) is 9.80 Å². The first kappa shape index (κ1) is 21.8. The third-order valence-corrected chi connectivity index (χ3v) is 6.30. The first-order valence-corrected chi connectivity index (χ1v) is 12.0. The van der Waals surface area contributed by atoms with Gasteiger partial charge in [-0.3, -0.25) is 0 Å². The first-order chi connectivity index (χ1) is 13.6. The van der Waals surface area contributed by atoms with Crippen molar-refractivity contribution < 1.29 is 0 Å². The zero-order valence-electron chi connectivity index (χ0n) is 16.9. The molecule has 0 radical (unpaired) electrons. The summed E-state index contributed by atoms with van der Waals surface area (Å²) in [5, 5.41) is 0.798. The van der Waals surface area contributed by atoms with Gasteiger partial charge in [0.2, 0.25) is 0 Å². The third-order valence-electron chi connectivity index (χ3n) is 5.58. The number of piperazine rings is 1. The van der Waals surface area contributed by atoms with E-state index < -0.39 is 0 Å². The first-order valence-electron chi connectivity index (χ1n) is 10.1. The normalized spacial score (nSPS) is 16.5. The zero-order valence-corrected chi connectivity index (χ0v) is 19.8. The molecule has 0 saturated carbocycles. The van der Waals surface area contributed by atoms with Gasteiger partial charge in [-0.25, -0.2) is 0 Å². The molecule has 0 N–H and O–H groups in total. The van der Waals surface area contributed by atoms with Crippen molar-refractivity contribution in [1.29, 1.82) is 0 Å². The van der Waals surface area contributed by atoms with Crippen molar-refractivity contribution in [3.8, 4) is 0 Å². The lowest BCUT2D eigenvalue weighted by molar-refractivity contribution is 0.140. The van der Waals surface area contributed by atoms with Crippen LogP contribution in [0.3, 0.4) is 0 Å². The van der Waals surface area contributed by atoms with Crippen molar-refractivity contribution in [3.63, 3.8) is 0 Å². The van der Waals surface area contributed by atoms with Crippen LogP contribution in [0.25, 0.3) is 5.57 Å². The summed E-state index contributed by atoms with van der Waals surface area (Å²) in [4.78, 5) is 5.17. The molecule has 0 amide bonds. The van der Waals surface area contributed by atoms with Gasteiger partial charge in [-0.1, -0.05) is 70.6 Å². The number of hydrogen-bond donors (Lipinski definition) is 0. The van der Waals surface area contributed by atoms with Gasteiger partial charge in [0.15, 0.2) is 0 Å². The molecule has 1 fully saturated rings. The maximum absolute atomic E-state index is 6.34.